The number of hydrogen-bond acceptors (Lipinski definition) is 5. The maximum atomic E-state index is 12.1. The van der Waals surface area contributed by atoms with Crippen molar-refractivity contribution >= 4 is 17.5 Å². The number of nitriles is 1. The summed E-state index contributed by atoms with van der Waals surface area (Å²) in [4.78, 5) is 23.7. The predicted molar refractivity (Wildman–Crippen MR) is 100 cm³/mol. The Bertz CT molecular complexity index is 830. The minimum absolute atomic E-state index is 0.160. The molecule has 0 saturated carbocycles. The molecule has 0 bridgehead atoms. The van der Waals surface area contributed by atoms with Gasteiger partial charge < -0.3 is 20.1 Å². The van der Waals surface area contributed by atoms with Gasteiger partial charge in [-0.05, 0) is 30.7 Å². The molecule has 2 aromatic carbocycles. The zero-order valence-corrected chi connectivity index (χ0v) is 15.0. The zero-order chi connectivity index (χ0) is 19.5. The van der Waals surface area contributed by atoms with E-state index in [1.165, 1.54) is 0 Å². The fourth-order valence-electron chi connectivity index (χ4n) is 2.29. The Labute approximate surface area is 157 Å². The lowest BCUT2D eigenvalue weighted by atomic mass is 10.1. The lowest BCUT2D eigenvalue weighted by molar-refractivity contribution is -0.123. The molecule has 0 aliphatic carbocycles. The number of hydrogen-bond donors (Lipinski definition) is 2. The first kappa shape index (κ1) is 19.8. The number of carbonyl (C=O) groups excluding carboxylic acids is 2. The summed E-state index contributed by atoms with van der Waals surface area (Å²) in [6.45, 7) is 2.43. The molecule has 0 aromatic heterocycles. The van der Waals surface area contributed by atoms with Gasteiger partial charge in [0.2, 0.25) is 5.91 Å². The molecule has 0 atom stereocenters. The van der Waals surface area contributed by atoms with Gasteiger partial charge in [-0.3, -0.25) is 9.59 Å². The van der Waals surface area contributed by atoms with Gasteiger partial charge in [-0.15, -0.1) is 0 Å². The van der Waals surface area contributed by atoms with Crippen molar-refractivity contribution in [3.8, 4) is 17.6 Å². The van der Waals surface area contributed by atoms with Gasteiger partial charge in [0.25, 0.3) is 5.91 Å². The fourth-order valence-corrected chi connectivity index (χ4v) is 2.29. The summed E-state index contributed by atoms with van der Waals surface area (Å²) >= 11 is 0. The van der Waals surface area contributed by atoms with Crippen molar-refractivity contribution in [2.45, 2.75) is 19.9 Å². The highest BCUT2D eigenvalue weighted by molar-refractivity contribution is 5.92. The molecule has 0 aliphatic rings. The molecule has 27 heavy (non-hydrogen) atoms. The summed E-state index contributed by atoms with van der Waals surface area (Å²) in [5.41, 5.74) is 1.28. The quantitative estimate of drug-likeness (QED) is 0.710. The van der Waals surface area contributed by atoms with Crippen LogP contribution < -0.4 is 20.1 Å². The van der Waals surface area contributed by atoms with Crippen molar-refractivity contribution in [1.29, 1.82) is 5.26 Å². The van der Waals surface area contributed by atoms with Crippen LogP contribution >= 0.6 is 0 Å². The molecule has 2 amide bonds. The second-order valence-electron chi connectivity index (χ2n) is 5.49. The molecule has 0 aliphatic heterocycles. The van der Waals surface area contributed by atoms with E-state index >= 15 is 0 Å². The van der Waals surface area contributed by atoms with E-state index in [4.69, 9.17) is 14.7 Å². The Balaban J connectivity index is 1.89. The standard InChI is InChI=1S/C20H21N3O4/c1-2-26-17-9-5-6-10-18(17)27-14-20(25)22-13-15-7-3-4-8-16(15)23-19(24)11-12-21/h3-10H,2,11,13-14H2,1H3,(H,22,25)(H,23,24). The zero-order valence-electron chi connectivity index (χ0n) is 15.0. The Morgan fingerprint density at radius 2 is 1.67 bits per heavy atom. The number of rotatable bonds is 9. The van der Waals surface area contributed by atoms with Crippen LogP contribution in [0.5, 0.6) is 11.5 Å². The molecule has 0 heterocycles. The molecular weight excluding hydrogens is 346 g/mol. The van der Waals surface area contributed by atoms with Crippen LogP contribution in [0.1, 0.15) is 18.9 Å². The number of carbonyl (C=O) groups is 2. The van der Waals surface area contributed by atoms with Crippen LogP contribution in [0.25, 0.3) is 0 Å². The van der Waals surface area contributed by atoms with E-state index in [0.717, 1.165) is 5.56 Å². The number of para-hydroxylation sites is 3. The first-order valence-corrected chi connectivity index (χ1v) is 8.50. The molecule has 2 N–H and O–H groups in total. The monoisotopic (exact) mass is 367 g/mol. The highest BCUT2D eigenvalue weighted by Gasteiger charge is 2.10. The molecule has 0 saturated heterocycles. The number of benzene rings is 2. The van der Waals surface area contributed by atoms with Gasteiger partial charge in [0.1, 0.15) is 6.42 Å². The van der Waals surface area contributed by atoms with Crippen LogP contribution in [-0.4, -0.2) is 25.0 Å². The molecular formula is C20H21N3O4. The third-order valence-corrected chi connectivity index (χ3v) is 3.51. The molecule has 0 unspecified atom stereocenters. The van der Waals surface area contributed by atoms with Gasteiger partial charge in [0.05, 0.1) is 12.7 Å². The number of nitrogens with one attached hydrogen (secondary N) is 2. The van der Waals surface area contributed by atoms with Gasteiger partial charge in [-0.25, -0.2) is 0 Å². The summed E-state index contributed by atoms with van der Waals surface area (Å²) < 4.78 is 11.0. The largest absolute Gasteiger partial charge is 0.490 e. The number of anilines is 1. The minimum Gasteiger partial charge on any atom is -0.490 e. The average molecular weight is 367 g/mol. The maximum Gasteiger partial charge on any atom is 0.258 e. The van der Waals surface area contributed by atoms with Gasteiger partial charge in [-0.2, -0.15) is 5.26 Å². The van der Waals surface area contributed by atoms with Crippen molar-refractivity contribution in [3.63, 3.8) is 0 Å². The number of amides is 2. The number of ether oxygens (including phenoxy) is 2. The summed E-state index contributed by atoms with van der Waals surface area (Å²) in [6, 6.07) is 16.0. The van der Waals surface area contributed by atoms with E-state index < -0.39 is 5.91 Å². The van der Waals surface area contributed by atoms with E-state index in [9.17, 15) is 9.59 Å². The van der Waals surface area contributed by atoms with Crippen molar-refractivity contribution < 1.29 is 19.1 Å². The average Bonchev–Trinajstić information content (AvgIpc) is 2.67. The summed E-state index contributed by atoms with van der Waals surface area (Å²) in [5, 5.41) is 14.0. The molecule has 2 rings (SSSR count). The first-order chi connectivity index (χ1) is 13.1. The second-order valence-corrected chi connectivity index (χ2v) is 5.49. The SMILES string of the molecule is CCOc1ccccc1OCC(=O)NCc1ccccc1NC(=O)CC#N. The lowest BCUT2D eigenvalue weighted by Crippen LogP contribution is -2.29. The van der Waals surface area contributed by atoms with Gasteiger partial charge in [0.15, 0.2) is 18.1 Å². The highest BCUT2D eigenvalue weighted by atomic mass is 16.5. The molecule has 140 valence electrons. The molecule has 0 fully saturated rings. The van der Waals surface area contributed by atoms with Crippen LogP contribution in [0.15, 0.2) is 48.5 Å². The lowest BCUT2D eigenvalue weighted by Gasteiger charge is -2.13. The Kier molecular flexibility index (Phi) is 7.67. The molecule has 7 nitrogen and oxygen atoms in total. The Morgan fingerprint density at radius 1 is 1.00 bits per heavy atom. The summed E-state index contributed by atoms with van der Waals surface area (Å²) in [6.07, 6.45) is -0.228. The molecule has 0 spiro atoms. The number of nitrogens with zero attached hydrogens (tertiary/aromatic N) is 1. The fraction of sp³-hybridized carbons (Fsp3) is 0.250. The van der Waals surface area contributed by atoms with Crippen LogP contribution in [0.3, 0.4) is 0 Å². The molecule has 2 aromatic rings. The predicted octanol–water partition coefficient (Wildman–Crippen LogP) is 2.63. The third kappa shape index (κ3) is 6.36. The summed E-state index contributed by atoms with van der Waals surface area (Å²) in [7, 11) is 0. The minimum atomic E-state index is -0.396. The van der Waals surface area contributed by atoms with Crippen LogP contribution in [0.2, 0.25) is 0 Å². The highest BCUT2D eigenvalue weighted by Crippen LogP contribution is 2.26. The third-order valence-electron chi connectivity index (χ3n) is 3.51. The van der Waals surface area contributed by atoms with Gasteiger partial charge in [-0.1, -0.05) is 30.3 Å². The van der Waals surface area contributed by atoms with Crippen molar-refractivity contribution in [1.82, 2.24) is 5.32 Å². The van der Waals surface area contributed by atoms with E-state index in [1.54, 1.807) is 48.5 Å². The van der Waals surface area contributed by atoms with Crippen LogP contribution in [-0.2, 0) is 16.1 Å². The topological polar surface area (TPSA) is 100 Å². The maximum absolute atomic E-state index is 12.1. The van der Waals surface area contributed by atoms with Gasteiger partial charge >= 0.3 is 0 Å². The molecule has 0 radical (unpaired) electrons. The summed E-state index contributed by atoms with van der Waals surface area (Å²) in [5.74, 6) is 0.378. The van der Waals surface area contributed by atoms with Gasteiger partial charge in [0, 0.05) is 12.2 Å². The van der Waals surface area contributed by atoms with Crippen molar-refractivity contribution in [3.05, 3.63) is 54.1 Å². The normalized spacial score (nSPS) is 9.78. The van der Waals surface area contributed by atoms with E-state index in [-0.39, 0.29) is 25.5 Å². The van der Waals surface area contributed by atoms with E-state index in [1.807, 2.05) is 13.0 Å². The first-order valence-electron chi connectivity index (χ1n) is 8.50. The van der Waals surface area contributed by atoms with Crippen LogP contribution in [0.4, 0.5) is 5.69 Å². The van der Waals surface area contributed by atoms with Crippen molar-refractivity contribution in [2.75, 3.05) is 18.5 Å². The van der Waals surface area contributed by atoms with Crippen molar-refractivity contribution in [2.24, 2.45) is 0 Å². The Hall–Kier alpha value is -3.53. The smallest absolute Gasteiger partial charge is 0.258 e. The second kappa shape index (κ2) is 10.5. The van der Waals surface area contributed by atoms with Crippen LogP contribution in [0, 0.1) is 11.3 Å². The van der Waals surface area contributed by atoms with E-state index in [0.29, 0.717) is 23.8 Å². The molecule has 7 heteroatoms. The van der Waals surface area contributed by atoms with E-state index in [2.05, 4.69) is 10.6 Å². The Morgan fingerprint density at radius 3 is 2.37 bits per heavy atom.